The van der Waals surface area contributed by atoms with Crippen LogP contribution >= 0.6 is 0 Å². The van der Waals surface area contributed by atoms with Gasteiger partial charge in [-0.1, -0.05) is 84.1 Å². The zero-order chi connectivity index (χ0) is 17.3. The molecular weight excluding hydrogens is 296 g/mol. The fraction of sp³-hybridized carbons (Fsp3) is 0.727. The van der Waals surface area contributed by atoms with Crippen molar-refractivity contribution in [2.75, 3.05) is 13.2 Å². The monoisotopic (exact) mass is 334 g/mol. The van der Waals surface area contributed by atoms with Gasteiger partial charge in [-0.15, -0.1) is 0 Å². The van der Waals surface area contributed by atoms with Crippen molar-refractivity contribution < 1.29 is 9.47 Å². The molecule has 0 atom stereocenters. The molecule has 0 aliphatic carbocycles. The van der Waals surface area contributed by atoms with Crippen molar-refractivity contribution in [3.05, 3.63) is 24.3 Å². The predicted molar refractivity (Wildman–Crippen MR) is 104 cm³/mol. The first-order valence-electron chi connectivity index (χ1n) is 10.2. The van der Waals surface area contributed by atoms with Gasteiger partial charge in [0.2, 0.25) is 0 Å². The molecule has 0 aromatic heterocycles. The normalized spacial score (nSPS) is 10.8. The summed E-state index contributed by atoms with van der Waals surface area (Å²) in [5.74, 6) is 1.87. The number of rotatable bonds is 16. The minimum Gasteiger partial charge on any atom is -0.493 e. The Kier molecular flexibility index (Phi) is 13.3. The van der Waals surface area contributed by atoms with Crippen LogP contribution in [-0.4, -0.2) is 13.2 Å². The molecule has 0 spiro atoms. The predicted octanol–water partition coefficient (Wildman–Crippen LogP) is 7.17. The van der Waals surface area contributed by atoms with E-state index in [1.165, 1.54) is 64.2 Å². The van der Waals surface area contributed by atoms with Gasteiger partial charge in [-0.05, 0) is 25.0 Å². The Labute approximate surface area is 149 Å². The molecule has 1 aromatic rings. The molecule has 0 bridgehead atoms. The van der Waals surface area contributed by atoms with Crippen molar-refractivity contribution in [2.45, 2.75) is 90.9 Å². The Balaban J connectivity index is 2.08. The first-order chi connectivity index (χ1) is 11.9. The molecule has 0 aliphatic rings. The zero-order valence-corrected chi connectivity index (χ0v) is 16.0. The van der Waals surface area contributed by atoms with E-state index in [0.717, 1.165) is 37.6 Å². The molecule has 0 radical (unpaired) electrons. The van der Waals surface area contributed by atoms with Crippen LogP contribution in [0.5, 0.6) is 11.5 Å². The van der Waals surface area contributed by atoms with E-state index in [0.29, 0.717) is 0 Å². The Morgan fingerprint density at radius 1 is 0.583 bits per heavy atom. The summed E-state index contributed by atoms with van der Waals surface area (Å²) in [6.45, 7) is 6.13. The van der Waals surface area contributed by atoms with Crippen LogP contribution in [0.25, 0.3) is 0 Å². The SMILES string of the molecule is CCCCCCCCOc1cccc(OCCCCCCCC)c1. The number of unbranched alkanes of at least 4 members (excludes halogenated alkanes) is 10. The highest BCUT2D eigenvalue weighted by atomic mass is 16.5. The molecule has 1 aromatic carbocycles. The van der Waals surface area contributed by atoms with Crippen molar-refractivity contribution in [1.82, 2.24) is 0 Å². The van der Waals surface area contributed by atoms with E-state index in [2.05, 4.69) is 13.8 Å². The lowest BCUT2D eigenvalue weighted by atomic mass is 10.1. The number of hydrogen-bond acceptors (Lipinski definition) is 2. The first kappa shape index (κ1) is 20.9. The van der Waals surface area contributed by atoms with E-state index in [-0.39, 0.29) is 0 Å². The minimum absolute atomic E-state index is 0.813. The second kappa shape index (κ2) is 15.4. The van der Waals surface area contributed by atoms with E-state index < -0.39 is 0 Å². The number of benzene rings is 1. The molecule has 0 amide bonds. The highest BCUT2D eigenvalue weighted by Crippen LogP contribution is 2.20. The van der Waals surface area contributed by atoms with Gasteiger partial charge in [0.15, 0.2) is 0 Å². The van der Waals surface area contributed by atoms with Crippen LogP contribution in [0.1, 0.15) is 90.9 Å². The maximum Gasteiger partial charge on any atom is 0.122 e. The minimum atomic E-state index is 0.813. The summed E-state index contributed by atoms with van der Waals surface area (Å²) in [4.78, 5) is 0. The molecule has 0 saturated heterocycles. The topological polar surface area (TPSA) is 18.5 Å². The Bertz CT molecular complexity index is 356. The lowest BCUT2D eigenvalue weighted by Crippen LogP contribution is -2.00. The van der Waals surface area contributed by atoms with Gasteiger partial charge < -0.3 is 9.47 Å². The van der Waals surface area contributed by atoms with Gasteiger partial charge in [0.1, 0.15) is 11.5 Å². The third kappa shape index (κ3) is 11.4. The van der Waals surface area contributed by atoms with Gasteiger partial charge in [0.05, 0.1) is 13.2 Å². The summed E-state index contributed by atoms with van der Waals surface area (Å²) in [7, 11) is 0. The van der Waals surface area contributed by atoms with Crippen LogP contribution in [0, 0.1) is 0 Å². The van der Waals surface area contributed by atoms with Crippen LogP contribution in [0.3, 0.4) is 0 Å². The molecule has 138 valence electrons. The van der Waals surface area contributed by atoms with Crippen LogP contribution in [0.2, 0.25) is 0 Å². The molecule has 2 nitrogen and oxygen atoms in total. The highest BCUT2D eigenvalue weighted by Gasteiger charge is 1.99. The van der Waals surface area contributed by atoms with Gasteiger partial charge >= 0.3 is 0 Å². The quantitative estimate of drug-likeness (QED) is 0.298. The van der Waals surface area contributed by atoms with Crippen molar-refractivity contribution >= 4 is 0 Å². The zero-order valence-electron chi connectivity index (χ0n) is 16.0. The summed E-state index contributed by atoms with van der Waals surface area (Å²) < 4.78 is 11.7. The fourth-order valence-electron chi connectivity index (χ4n) is 2.80. The Morgan fingerprint density at radius 3 is 1.46 bits per heavy atom. The van der Waals surface area contributed by atoms with Gasteiger partial charge in [-0.25, -0.2) is 0 Å². The standard InChI is InChI=1S/C22H38O2/c1-3-5-7-9-11-13-18-23-21-16-15-17-22(20-21)24-19-14-12-10-8-6-4-2/h15-17,20H,3-14,18-19H2,1-2H3. The molecule has 0 heterocycles. The molecule has 0 fully saturated rings. The second-order valence-corrected chi connectivity index (χ2v) is 6.71. The largest absolute Gasteiger partial charge is 0.493 e. The summed E-state index contributed by atoms with van der Waals surface area (Å²) >= 11 is 0. The molecule has 0 N–H and O–H groups in total. The van der Waals surface area contributed by atoms with E-state index in [9.17, 15) is 0 Å². The van der Waals surface area contributed by atoms with Crippen LogP contribution in [0.15, 0.2) is 24.3 Å². The van der Waals surface area contributed by atoms with Crippen molar-refractivity contribution in [2.24, 2.45) is 0 Å². The van der Waals surface area contributed by atoms with Crippen molar-refractivity contribution in [3.63, 3.8) is 0 Å². The highest BCUT2D eigenvalue weighted by molar-refractivity contribution is 5.32. The molecular formula is C22H38O2. The van der Waals surface area contributed by atoms with Crippen LogP contribution in [-0.2, 0) is 0 Å². The molecule has 2 heteroatoms. The Morgan fingerprint density at radius 2 is 1.00 bits per heavy atom. The molecule has 0 unspecified atom stereocenters. The van der Waals surface area contributed by atoms with E-state index in [1.807, 2.05) is 24.3 Å². The molecule has 0 saturated carbocycles. The van der Waals surface area contributed by atoms with Gasteiger partial charge in [0.25, 0.3) is 0 Å². The van der Waals surface area contributed by atoms with Crippen LogP contribution in [0.4, 0.5) is 0 Å². The maximum absolute atomic E-state index is 5.84. The number of ether oxygens (including phenoxy) is 2. The lowest BCUT2D eigenvalue weighted by Gasteiger charge is -2.09. The lowest BCUT2D eigenvalue weighted by molar-refractivity contribution is 0.290. The third-order valence-electron chi connectivity index (χ3n) is 4.34. The molecule has 0 aliphatic heterocycles. The summed E-state index contributed by atoms with van der Waals surface area (Å²) in [6, 6.07) is 8.09. The van der Waals surface area contributed by atoms with Gasteiger partial charge in [-0.3, -0.25) is 0 Å². The smallest absolute Gasteiger partial charge is 0.122 e. The molecule has 1 rings (SSSR count). The van der Waals surface area contributed by atoms with Gasteiger partial charge in [0, 0.05) is 6.07 Å². The maximum atomic E-state index is 5.84. The molecule has 24 heavy (non-hydrogen) atoms. The van der Waals surface area contributed by atoms with E-state index in [4.69, 9.17) is 9.47 Å². The summed E-state index contributed by atoms with van der Waals surface area (Å²) in [5, 5.41) is 0. The summed E-state index contributed by atoms with van der Waals surface area (Å²) in [5.41, 5.74) is 0. The summed E-state index contributed by atoms with van der Waals surface area (Å²) in [6.07, 6.45) is 15.6. The van der Waals surface area contributed by atoms with Gasteiger partial charge in [-0.2, -0.15) is 0 Å². The van der Waals surface area contributed by atoms with E-state index in [1.54, 1.807) is 0 Å². The van der Waals surface area contributed by atoms with Crippen molar-refractivity contribution in [1.29, 1.82) is 0 Å². The number of hydrogen-bond donors (Lipinski definition) is 0. The average Bonchev–Trinajstić information content (AvgIpc) is 2.60. The van der Waals surface area contributed by atoms with E-state index >= 15 is 0 Å². The fourth-order valence-corrected chi connectivity index (χ4v) is 2.80. The second-order valence-electron chi connectivity index (χ2n) is 6.71. The third-order valence-corrected chi connectivity index (χ3v) is 4.34. The average molecular weight is 335 g/mol. The van der Waals surface area contributed by atoms with Crippen LogP contribution < -0.4 is 9.47 Å². The first-order valence-corrected chi connectivity index (χ1v) is 10.2. The Hall–Kier alpha value is -1.18. The van der Waals surface area contributed by atoms with Crippen molar-refractivity contribution in [3.8, 4) is 11.5 Å².